The maximum absolute atomic E-state index is 11.1. The number of hydrogen-bond donors (Lipinski definition) is 5. The molecule has 0 aromatic heterocycles. The number of piperidine rings is 1. The maximum atomic E-state index is 11.1. The van der Waals surface area contributed by atoms with E-state index in [2.05, 4.69) is 5.32 Å². The van der Waals surface area contributed by atoms with Gasteiger partial charge in [-0.2, -0.15) is 0 Å². The number of carbonyl (C=O) groups excluding carboxylic acids is 1. The van der Waals surface area contributed by atoms with Crippen molar-refractivity contribution in [1.82, 2.24) is 5.32 Å². The average molecular weight is 307 g/mol. The Morgan fingerprint density at radius 2 is 1.71 bits per heavy atom. The molecular formula is C12H21NO8. The van der Waals surface area contributed by atoms with Crippen LogP contribution in [0.3, 0.4) is 0 Å². The topological polar surface area (TPSA) is 153 Å². The highest BCUT2D eigenvalue weighted by Gasteiger charge is 2.29. The van der Waals surface area contributed by atoms with Crippen LogP contribution >= 0.6 is 0 Å². The minimum atomic E-state index is -2.27. The van der Waals surface area contributed by atoms with Crippen molar-refractivity contribution in [2.45, 2.75) is 32.0 Å². The van der Waals surface area contributed by atoms with E-state index in [9.17, 15) is 14.4 Å². The molecule has 5 N–H and O–H groups in total. The predicted octanol–water partition coefficient (Wildman–Crippen LogP) is -1.57. The molecule has 122 valence electrons. The summed E-state index contributed by atoms with van der Waals surface area (Å²) in [5.74, 6) is -3.48. The molecule has 1 fully saturated rings. The van der Waals surface area contributed by atoms with Crippen LogP contribution in [0.2, 0.25) is 0 Å². The second-order valence-electron chi connectivity index (χ2n) is 4.36. The highest BCUT2D eigenvalue weighted by atomic mass is 16.5. The molecule has 1 saturated heterocycles. The van der Waals surface area contributed by atoms with Crippen LogP contribution in [0.1, 0.15) is 19.8 Å². The molecule has 0 saturated carbocycles. The summed E-state index contributed by atoms with van der Waals surface area (Å²) in [5, 5.41) is 35.7. The second-order valence-corrected chi connectivity index (χ2v) is 4.36. The van der Waals surface area contributed by atoms with Crippen molar-refractivity contribution in [3.63, 3.8) is 0 Å². The molecule has 1 rings (SSSR count). The SMILES string of the molecule is CCOC(=O)[C@H]1CCCNC1.O=C(O)[C@@H](O)[C@H](O)C(=O)O. The molecule has 0 aromatic carbocycles. The normalized spacial score (nSPS) is 20.4. The largest absolute Gasteiger partial charge is 0.479 e. The number of nitrogens with one attached hydrogen (secondary N) is 1. The van der Waals surface area contributed by atoms with Crippen molar-refractivity contribution >= 4 is 17.9 Å². The van der Waals surface area contributed by atoms with Gasteiger partial charge in [0.2, 0.25) is 0 Å². The molecule has 1 aliphatic rings. The van der Waals surface area contributed by atoms with Crippen molar-refractivity contribution in [2.75, 3.05) is 19.7 Å². The van der Waals surface area contributed by atoms with Crippen molar-refractivity contribution in [3.05, 3.63) is 0 Å². The van der Waals surface area contributed by atoms with Gasteiger partial charge in [0.05, 0.1) is 12.5 Å². The van der Waals surface area contributed by atoms with Gasteiger partial charge in [-0.1, -0.05) is 0 Å². The van der Waals surface area contributed by atoms with Crippen molar-refractivity contribution < 1.29 is 39.5 Å². The van der Waals surface area contributed by atoms with E-state index in [4.69, 9.17) is 25.2 Å². The summed E-state index contributed by atoms with van der Waals surface area (Å²) in [6.07, 6.45) is -2.47. The molecule has 9 nitrogen and oxygen atoms in total. The predicted molar refractivity (Wildman–Crippen MR) is 69.5 cm³/mol. The van der Waals surface area contributed by atoms with Gasteiger partial charge < -0.3 is 30.5 Å². The molecule has 9 heteroatoms. The Kier molecular flexibility index (Phi) is 9.26. The molecule has 1 heterocycles. The molecule has 3 atom stereocenters. The number of hydrogen-bond acceptors (Lipinski definition) is 7. The molecule has 0 radical (unpaired) electrons. The van der Waals surface area contributed by atoms with Gasteiger partial charge >= 0.3 is 17.9 Å². The highest BCUT2D eigenvalue weighted by molar-refractivity contribution is 5.83. The monoisotopic (exact) mass is 307 g/mol. The van der Waals surface area contributed by atoms with E-state index in [1.165, 1.54) is 0 Å². The standard InChI is InChI=1S/C8H15NO2.C4H6O6/c1-2-11-8(10)7-4-3-5-9-6-7;5-1(3(7)8)2(6)4(9)10/h7,9H,2-6H2,1H3;1-2,5-6H,(H,7,8)(H,9,10)/t7-;1-,2-/m00/s1. The quantitative estimate of drug-likeness (QED) is 0.379. The summed E-state index contributed by atoms with van der Waals surface area (Å²) >= 11 is 0. The molecule has 0 unspecified atom stereocenters. The Morgan fingerprint density at radius 1 is 1.19 bits per heavy atom. The summed E-state index contributed by atoms with van der Waals surface area (Å²) < 4.78 is 4.90. The Labute approximate surface area is 121 Å². The Balaban J connectivity index is 0.000000384. The Bertz CT molecular complexity index is 335. The number of carboxylic acids is 2. The van der Waals surface area contributed by atoms with Gasteiger partial charge in [0.15, 0.2) is 12.2 Å². The minimum Gasteiger partial charge on any atom is -0.479 e. The Hall–Kier alpha value is -1.71. The highest BCUT2D eigenvalue weighted by Crippen LogP contribution is 2.11. The van der Waals surface area contributed by atoms with E-state index in [-0.39, 0.29) is 11.9 Å². The summed E-state index contributed by atoms with van der Waals surface area (Å²) in [7, 11) is 0. The summed E-state index contributed by atoms with van der Waals surface area (Å²) in [5.41, 5.74) is 0. The van der Waals surface area contributed by atoms with Gasteiger partial charge in [-0.25, -0.2) is 9.59 Å². The van der Waals surface area contributed by atoms with Crippen molar-refractivity contribution in [2.24, 2.45) is 5.92 Å². The lowest BCUT2D eigenvalue weighted by atomic mass is 10.0. The average Bonchev–Trinajstić information content (AvgIpc) is 2.47. The minimum absolute atomic E-state index is 0.0419. The number of aliphatic hydroxyl groups is 2. The van der Waals surface area contributed by atoms with Gasteiger partial charge in [0, 0.05) is 6.54 Å². The number of esters is 1. The molecule has 1 aliphatic heterocycles. The lowest BCUT2D eigenvalue weighted by Crippen LogP contribution is -2.39. The lowest BCUT2D eigenvalue weighted by molar-refractivity contribution is -0.165. The van der Waals surface area contributed by atoms with E-state index in [0.29, 0.717) is 6.61 Å². The lowest BCUT2D eigenvalue weighted by Gasteiger charge is -2.20. The van der Waals surface area contributed by atoms with Crippen LogP contribution in [0.15, 0.2) is 0 Å². The number of ether oxygens (including phenoxy) is 1. The smallest absolute Gasteiger partial charge is 0.335 e. The number of aliphatic hydroxyl groups excluding tert-OH is 2. The summed E-state index contributed by atoms with van der Waals surface area (Å²) in [6.45, 7) is 4.16. The number of aliphatic carboxylic acids is 2. The second kappa shape index (κ2) is 10.1. The molecule has 0 spiro atoms. The van der Waals surface area contributed by atoms with E-state index in [1.54, 1.807) is 0 Å². The molecule has 0 aliphatic carbocycles. The maximum Gasteiger partial charge on any atom is 0.335 e. The summed E-state index contributed by atoms with van der Waals surface area (Å²) in [6, 6.07) is 0. The van der Waals surface area contributed by atoms with E-state index < -0.39 is 24.1 Å². The molecule has 21 heavy (non-hydrogen) atoms. The first kappa shape index (κ1) is 19.3. The first-order valence-corrected chi connectivity index (χ1v) is 6.50. The van der Waals surface area contributed by atoms with Crippen LogP contribution in [0.5, 0.6) is 0 Å². The number of carboxylic acid groups (broad SMARTS) is 2. The zero-order valence-corrected chi connectivity index (χ0v) is 11.7. The van der Waals surface area contributed by atoms with Crippen LogP contribution in [-0.2, 0) is 19.1 Å². The van der Waals surface area contributed by atoms with Gasteiger partial charge in [-0.15, -0.1) is 0 Å². The van der Waals surface area contributed by atoms with Crippen LogP contribution in [0.4, 0.5) is 0 Å². The van der Waals surface area contributed by atoms with Gasteiger partial charge in [-0.05, 0) is 26.3 Å². The van der Waals surface area contributed by atoms with Gasteiger partial charge in [0.25, 0.3) is 0 Å². The number of carbonyl (C=O) groups is 3. The zero-order chi connectivity index (χ0) is 16.4. The fourth-order valence-electron chi connectivity index (χ4n) is 1.58. The molecule has 0 bridgehead atoms. The number of rotatable bonds is 5. The zero-order valence-electron chi connectivity index (χ0n) is 11.7. The third kappa shape index (κ3) is 7.59. The molecule has 0 aromatic rings. The van der Waals surface area contributed by atoms with Crippen molar-refractivity contribution in [3.8, 4) is 0 Å². The van der Waals surface area contributed by atoms with E-state index in [0.717, 1.165) is 25.9 Å². The third-order valence-electron chi connectivity index (χ3n) is 2.72. The van der Waals surface area contributed by atoms with Crippen molar-refractivity contribution in [1.29, 1.82) is 0 Å². The fourth-order valence-corrected chi connectivity index (χ4v) is 1.58. The van der Waals surface area contributed by atoms with Crippen LogP contribution in [-0.4, -0.2) is 70.2 Å². The van der Waals surface area contributed by atoms with E-state index >= 15 is 0 Å². The fraction of sp³-hybridized carbons (Fsp3) is 0.750. The summed E-state index contributed by atoms with van der Waals surface area (Å²) in [4.78, 5) is 30.7. The van der Waals surface area contributed by atoms with Crippen LogP contribution in [0.25, 0.3) is 0 Å². The van der Waals surface area contributed by atoms with Gasteiger partial charge in [-0.3, -0.25) is 4.79 Å². The molecule has 0 amide bonds. The van der Waals surface area contributed by atoms with Crippen LogP contribution in [0, 0.1) is 5.92 Å². The van der Waals surface area contributed by atoms with E-state index in [1.807, 2.05) is 6.92 Å². The van der Waals surface area contributed by atoms with Gasteiger partial charge in [0.1, 0.15) is 0 Å². The Morgan fingerprint density at radius 3 is 2.05 bits per heavy atom. The van der Waals surface area contributed by atoms with Crippen LogP contribution < -0.4 is 5.32 Å². The molecular weight excluding hydrogens is 286 g/mol. The first-order chi connectivity index (χ1) is 9.81. The first-order valence-electron chi connectivity index (χ1n) is 6.50. The third-order valence-corrected chi connectivity index (χ3v) is 2.72.